The number of halogens is 1. The molecular weight excluding hydrogens is 450 g/mol. The Kier molecular flexibility index (Phi) is 7.69. The molecule has 2 aliphatic heterocycles. The molecule has 0 unspecified atom stereocenters. The van der Waals surface area contributed by atoms with E-state index in [1.807, 2.05) is 31.2 Å². The maximum absolute atomic E-state index is 13.6. The van der Waals surface area contributed by atoms with Crippen LogP contribution in [0.4, 0.5) is 0 Å². The van der Waals surface area contributed by atoms with Crippen LogP contribution in [0.1, 0.15) is 54.5 Å². The lowest BCUT2D eigenvalue weighted by atomic mass is 9.94. The first-order valence-corrected chi connectivity index (χ1v) is 12.4. The van der Waals surface area contributed by atoms with Gasteiger partial charge in [-0.25, -0.2) is 5.01 Å². The molecule has 0 aromatic heterocycles. The number of benzene rings is 2. The maximum Gasteiger partial charge on any atom is 0.310 e. The fraction of sp³-hybridized carbons (Fsp3) is 0.444. The summed E-state index contributed by atoms with van der Waals surface area (Å²) in [7, 11) is 0. The summed E-state index contributed by atoms with van der Waals surface area (Å²) in [5.41, 5.74) is 5.04. The standard InChI is InChI=1S/C27H32ClN3O3/c1-4-34-27(33)20-8-7-13-30(16-20)17-26(32)31-25(22-14-18(2)11-12-19(22)3)15-24(29-31)21-9-5-6-10-23(21)28/h5-6,9-12,14,20,25H,4,7-8,13,15-17H2,1-3H3/t20-,25+/m0/s1. The molecule has 2 heterocycles. The topological polar surface area (TPSA) is 62.2 Å². The van der Waals surface area contributed by atoms with Gasteiger partial charge in [0.15, 0.2) is 0 Å². The maximum atomic E-state index is 13.6. The molecular formula is C27H32ClN3O3. The molecule has 0 saturated carbocycles. The van der Waals surface area contributed by atoms with E-state index in [-0.39, 0.29) is 30.4 Å². The van der Waals surface area contributed by atoms with Gasteiger partial charge >= 0.3 is 5.97 Å². The highest BCUT2D eigenvalue weighted by Crippen LogP contribution is 2.36. The third-order valence-electron chi connectivity index (χ3n) is 6.63. The predicted molar refractivity (Wildman–Crippen MR) is 134 cm³/mol. The summed E-state index contributed by atoms with van der Waals surface area (Å²) < 4.78 is 5.21. The SMILES string of the molecule is CCOC(=O)[C@H]1CCCN(CC(=O)N2N=C(c3ccccc3Cl)C[C@@H]2c2cc(C)ccc2C)C1. The molecule has 180 valence electrons. The zero-order valence-electron chi connectivity index (χ0n) is 20.1. The van der Waals surface area contributed by atoms with E-state index in [1.165, 1.54) is 0 Å². The molecule has 2 aromatic carbocycles. The van der Waals surface area contributed by atoms with Crippen molar-refractivity contribution < 1.29 is 14.3 Å². The molecule has 1 saturated heterocycles. The number of likely N-dealkylation sites (tertiary alicyclic amines) is 1. The van der Waals surface area contributed by atoms with Crippen LogP contribution >= 0.6 is 11.6 Å². The van der Waals surface area contributed by atoms with Crippen molar-refractivity contribution in [2.75, 3.05) is 26.2 Å². The van der Waals surface area contributed by atoms with Crippen molar-refractivity contribution in [2.45, 2.75) is 46.1 Å². The van der Waals surface area contributed by atoms with E-state index in [0.29, 0.717) is 24.6 Å². The van der Waals surface area contributed by atoms with E-state index >= 15 is 0 Å². The van der Waals surface area contributed by atoms with Crippen molar-refractivity contribution in [3.63, 3.8) is 0 Å². The smallest absolute Gasteiger partial charge is 0.310 e. The Labute approximate surface area is 206 Å². The number of hydrogen-bond donors (Lipinski definition) is 0. The van der Waals surface area contributed by atoms with Crippen molar-refractivity contribution in [2.24, 2.45) is 11.0 Å². The Morgan fingerprint density at radius 2 is 1.97 bits per heavy atom. The lowest BCUT2D eigenvalue weighted by Gasteiger charge is -2.32. The second-order valence-electron chi connectivity index (χ2n) is 9.17. The molecule has 2 aliphatic rings. The molecule has 1 fully saturated rings. The molecule has 0 radical (unpaired) electrons. The number of hydrazone groups is 1. The van der Waals surface area contributed by atoms with E-state index < -0.39 is 0 Å². The first kappa shape index (κ1) is 24.4. The van der Waals surface area contributed by atoms with E-state index in [0.717, 1.165) is 47.4 Å². The van der Waals surface area contributed by atoms with Crippen LogP contribution in [-0.2, 0) is 14.3 Å². The molecule has 2 aromatic rings. The van der Waals surface area contributed by atoms with Crippen LogP contribution in [0.2, 0.25) is 5.02 Å². The van der Waals surface area contributed by atoms with Crippen LogP contribution in [0, 0.1) is 19.8 Å². The summed E-state index contributed by atoms with van der Waals surface area (Å²) in [6.45, 7) is 7.86. The first-order valence-electron chi connectivity index (χ1n) is 12.0. The van der Waals surface area contributed by atoms with Gasteiger partial charge in [0.05, 0.1) is 30.8 Å². The highest BCUT2D eigenvalue weighted by atomic mass is 35.5. The Morgan fingerprint density at radius 3 is 2.74 bits per heavy atom. The van der Waals surface area contributed by atoms with E-state index in [2.05, 4.69) is 36.9 Å². The number of esters is 1. The van der Waals surface area contributed by atoms with Gasteiger partial charge < -0.3 is 4.74 Å². The van der Waals surface area contributed by atoms with Gasteiger partial charge in [-0.2, -0.15) is 5.10 Å². The Hall–Kier alpha value is -2.70. The van der Waals surface area contributed by atoms with Gasteiger partial charge in [-0.3, -0.25) is 14.5 Å². The predicted octanol–water partition coefficient (Wildman–Crippen LogP) is 4.91. The van der Waals surface area contributed by atoms with Gasteiger partial charge in [-0.15, -0.1) is 0 Å². The third kappa shape index (κ3) is 5.34. The van der Waals surface area contributed by atoms with Gasteiger partial charge in [0.2, 0.25) is 0 Å². The minimum atomic E-state index is -0.190. The molecule has 4 rings (SSSR count). The summed E-state index contributed by atoms with van der Waals surface area (Å²) in [6, 6.07) is 13.7. The number of nitrogens with zero attached hydrogens (tertiary/aromatic N) is 3. The summed E-state index contributed by atoms with van der Waals surface area (Å²) in [4.78, 5) is 27.9. The summed E-state index contributed by atoms with van der Waals surface area (Å²) in [6.07, 6.45) is 2.27. The number of amides is 1. The summed E-state index contributed by atoms with van der Waals surface area (Å²) in [5, 5.41) is 7.06. The zero-order valence-corrected chi connectivity index (χ0v) is 20.8. The van der Waals surface area contributed by atoms with E-state index in [1.54, 1.807) is 5.01 Å². The lowest BCUT2D eigenvalue weighted by Crippen LogP contribution is -2.44. The van der Waals surface area contributed by atoms with Crippen molar-refractivity contribution in [1.82, 2.24) is 9.91 Å². The fourth-order valence-corrected chi connectivity index (χ4v) is 5.12. The molecule has 0 aliphatic carbocycles. The van der Waals surface area contributed by atoms with Crippen LogP contribution in [0.25, 0.3) is 0 Å². The number of carbonyl (C=O) groups excluding carboxylic acids is 2. The normalized spacial score (nSPS) is 20.8. The van der Waals surface area contributed by atoms with Crippen LogP contribution in [0.3, 0.4) is 0 Å². The molecule has 0 spiro atoms. The first-order chi connectivity index (χ1) is 16.4. The minimum Gasteiger partial charge on any atom is -0.466 e. The van der Waals surface area contributed by atoms with Gasteiger partial charge in [-0.1, -0.05) is 53.6 Å². The average molecular weight is 482 g/mol. The number of piperidine rings is 1. The highest BCUT2D eigenvalue weighted by molar-refractivity contribution is 6.34. The molecule has 0 bridgehead atoms. The third-order valence-corrected chi connectivity index (χ3v) is 6.96. The quantitative estimate of drug-likeness (QED) is 0.550. The Morgan fingerprint density at radius 1 is 1.18 bits per heavy atom. The minimum absolute atomic E-state index is 0.0718. The molecule has 2 atom stereocenters. The monoisotopic (exact) mass is 481 g/mol. The average Bonchev–Trinajstić information content (AvgIpc) is 3.26. The van der Waals surface area contributed by atoms with Crippen LogP contribution in [0.5, 0.6) is 0 Å². The number of hydrogen-bond acceptors (Lipinski definition) is 5. The van der Waals surface area contributed by atoms with Crippen molar-refractivity contribution >= 4 is 29.2 Å². The molecule has 0 N–H and O–H groups in total. The van der Waals surface area contributed by atoms with Gasteiger partial charge in [0, 0.05) is 23.6 Å². The Bertz CT molecular complexity index is 1100. The van der Waals surface area contributed by atoms with Crippen molar-refractivity contribution in [3.05, 3.63) is 69.7 Å². The zero-order chi connectivity index (χ0) is 24.2. The van der Waals surface area contributed by atoms with Crippen LogP contribution in [0.15, 0.2) is 47.6 Å². The van der Waals surface area contributed by atoms with Crippen LogP contribution in [-0.4, -0.2) is 53.7 Å². The number of rotatable bonds is 6. The fourth-order valence-electron chi connectivity index (χ4n) is 4.87. The van der Waals surface area contributed by atoms with Crippen LogP contribution < -0.4 is 0 Å². The molecule has 7 heteroatoms. The van der Waals surface area contributed by atoms with Gasteiger partial charge in [-0.05, 0) is 57.4 Å². The van der Waals surface area contributed by atoms with E-state index in [9.17, 15) is 9.59 Å². The lowest BCUT2D eigenvalue weighted by molar-refractivity contribution is -0.150. The van der Waals surface area contributed by atoms with Crippen molar-refractivity contribution in [3.8, 4) is 0 Å². The van der Waals surface area contributed by atoms with Gasteiger partial charge in [0.25, 0.3) is 5.91 Å². The second-order valence-corrected chi connectivity index (χ2v) is 9.58. The largest absolute Gasteiger partial charge is 0.466 e. The summed E-state index contributed by atoms with van der Waals surface area (Å²) in [5.74, 6) is -0.428. The molecule has 6 nitrogen and oxygen atoms in total. The number of aryl methyl sites for hydroxylation is 2. The summed E-state index contributed by atoms with van der Waals surface area (Å²) >= 11 is 6.47. The van der Waals surface area contributed by atoms with E-state index in [4.69, 9.17) is 21.4 Å². The van der Waals surface area contributed by atoms with Gasteiger partial charge in [0.1, 0.15) is 0 Å². The Balaban J connectivity index is 1.59. The molecule has 34 heavy (non-hydrogen) atoms. The second kappa shape index (κ2) is 10.7. The number of carbonyl (C=O) groups is 2. The molecule has 1 amide bonds. The number of ether oxygens (including phenoxy) is 1. The van der Waals surface area contributed by atoms with Crippen molar-refractivity contribution in [1.29, 1.82) is 0 Å². The highest BCUT2D eigenvalue weighted by Gasteiger charge is 2.36.